The van der Waals surface area contributed by atoms with Gasteiger partial charge in [0.1, 0.15) is 48.8 Å². The van der Waals surface area contributed by atoms with Crippen LogP contribution in [0.3, 0.4) is 0 Å². The highest BCUT2D eigenvalue weighted by Gasteiger charge is 2.50. The summed E-state index contributed by atoms with van der Waals surface area (Å²) in [6.45, 7) is -1.33. The highest BCUT2D eigenvalue weighted by Crippen LogP contribution is 2.28. The van der Waals surface area contributed by atoms with Crippen molar-refractivity contribution in [1.82, 2.24) is 0 Å². The minimum absolute atomic E-state index is 0.651. The van der Waals surface area contributed by atoms with Gasteiger partial charge < -0.3 is 55.1 Å². The lowest BCUT2D eigenvalue weighted by Gasteiger charge is -2.44. The van der Waals surface area contributed by atoms with Crippen LogP contribution in [-0.2, 0) is 14.2 Å². The Hall–Kier alpha value is -0.440. The van der Waals surface area contributed by atoms with Crippen LogP contribution in [-0.4, -0.2) is 115 Å². The first-order valence-electron chi connectivity index (χ1n) is 7.08. The van der Waals surface area contributed by atoms with E-state index in [-0.39, 0.29) is 0 Å². The average Bonchev–Trinajstić information content (AvgIpc) is 2.54. The van der Waals surface area contributed by atoms with Crippen molar-refractivity contribution in [2.45, 2.75) is 61.4 Å². The molecule has 0 aromatic carbocycles. The Labute approximate surface area is 130 Å². The van der Waals surface area contributed by atoms with Gasteiger partial charge in [-0.2, -0.15) is 0 Å². The molecule has 11 nitrogen and oxygen atoms in total. The monoisotopic (exact) mass is 342 g/mol. The largest absolute Gasteiger partial charge is 0.394 e. The molecule has 2 rings (SSSR count). The standard InChI is InChI=1S/C12H22O11/c13-1-3-6(16)8(18)10(11(20)21-3)23-12-9(19)7(17)5(15)4(2-14)22-12/h3-20H,1-2H2/t3?,4-,5+,6?,7+,8?,9-,10?,11?,12+/m1/s1. The van der Waals surface area contributed by atoms with Crippen LogP contribution < -0.4 is 0 Å². The van der Waals surface area contributed by atoms with Gasteiger partial charge in [0.05, 0.1) is 13.2 Å². The van der Waals surface area contributed by atoms with Gasteiger partial charge in [0, 0.05) is 0 Å². The maximum absolute atomic E-state index is 9.94. The van der Waals surface area contributed by atoms with Crippen molar-refractivity contribution in [2.75, 3.05) is 13.2 Å². The van der Waals surface area contributed by atoms with Gasteiger partial charge in [0.2, 0.25) is 0 Å². The third kappa shape index (κ3) is 3.65. The second-order valence-electron chi connectivity index (χ2n) is 5.53. The predicted octanol–water partition coefficient (Wildman–Crippen LogP) is -5.40. The first-order chi connectivity index (χ1) is 10.8. The number of hydrogen-bond donors (Lipinski definition) is 8. The van der Waals surface area contributed by atoms with Gasteiger partial charge in [0.25, 0.3) is 0 Å². The topological polar surface area (TPSA) is 190 Å². The van der Waals surface area contributed by atoms with Crippen LogP contribution in [0, 0.1) is 0 Å². The van der Waals surface area contributed by atoms with E-state index in [4.69, 9.17) is 24.4 Å². The summed E-state index contributed by atoms with van der Waals surface area (Å²) in [5.41, 5.74) is 0. The van der Waals surface area contributed by atoms with Gasteiger partial charge in [-0.25, -0.2) is 0 Å². The van der Waals surface area contributed by atoms with Crippen molar-refractivity contribution in [3.8, 4) is 0 Å². The molecule has 2 fully saturated rings. The van der Waals surface area contributed by atoms with Gasteiger partial charge in [-0.15, -0.1) is 0 Å². The van der Waals surface area contributed by atoms with Gasteiger partial charge in [-0.1, -0.05) is 0 Å². The van der Waals surface area contributed by atoms with Crippen molar-refractivity contribution >= 4 is 0 Å². The Morgan fingerprint density at radius 2 is 1.17 bits per heavy atom. The maximum Gasteiger partial charge on any atom is 0.187 e. The number of aliphatic hydroxyl groups is 8. The van der Waals surface area contributed by atoms with Gasteiger partial charge in [0.15, 0.2) is 12.6 Å². The lowest BCUT2D eigenvalue weighted by atomic mass is 9.97. The molecule has 10 atom stereocenters. The van der Waals surface area contributed by atoms with E-state index in [0.717, 1.165) is 0 Å². The normalized spacial score (nSPS) is 51.7. The number of ether oxygens (including phenoxy) is 3. The first kappa shape index (κ1) is 18.9. The molecular formula is C12H22O11. The van der Waals surface area contributed by atoms with E-state index in [1.54, 1.807) is 0 Å². The van der Waals surface area contributed by atoms with Crippen LogP contribution in [0.5, 0.6) is 0 Å². The molecule has 0 aromatic heterocycles. The molecule has 2 aliphatic heterocycles. The molecule has 0 saturated carbocycles. The fourth-order valence-corrected chi connectivity index (χ4v) is 2.55. The fraction of sp³-hybridized carbons (Fsp3) is 1.00. The molecule has 8 N–H and O–H groups in total. The molecule has 11 heteroatoms. The SMILES string of the molecule is OCC1OC(O)C(O[C@@H]2O[C@H](CO)[C@H](O)[C@H](O)[C@H]2O)C(O)C1O. The van der Waals surface area contributed by atoms with E-state index in [1.165, 1.54) is 0 Å². The second-order valence-corrected chi connectivity index (χ2v) is 5.53. The van der Waals surface area contributed by atoms with Crippen LogP contribution in [0.15, 0.2) is 0 Å². The van der Waals surface area contributed by atoms with E-state index in [0.29, 0.717) is 0 Å². The van der Waals surface area contributed by atoms with Crippen LogP contribution in [0.2, 0.25) is 0 Å². The summed E-state index contributed by atoms with van der Waals surface area (Å²) < 4.78 is 15.1. The Kier molecular flexibility index (Phi) is 6.27. The fourth-order valence-electron chi connectivity index (χ4n) is 2.55. The van der Waals surface area contributed by atoms with E-state index < -0.39 is 74.6 Å². The zero-order valence-corrected chi connectivity index (χ0v) is 12.0. The molecule has 0 amide bonds. The summed E-state index contributed by atoms with van der Waals surface area (Å²) in [6, 6.07) is 0. The summed E-state index contributed by atoms with van der Waals surface area (Å²) in [5, 5.41) is 76.7. The minimum atomic E-state index is -1.75. The van der Waals surface area contributed by atoms with Crippen molar-refractivity contribution in [3.63, 3.8) is 0 Å². The second kappa shape index (κ2) is 7.63. The lowest BCUT2D eigenvalue weighted by Crippen LogP contribution is -2.64. The molecule has 0 radical (unpaired) electrons. The third-order valence-corrected chi connectivity index (χ3v) is 3.98. The van der Waals surface area contributed by atoms with E-state index in [2.05, 4.69) is 0 Å². The Morgan fingerprint density at radius 1 is 0.652 bits per heavy atom. The number of hydrogen-bond acceptors (Lipinski definition) is 11. The smallest absolute Gasteiger partial charge is 0.187 e. The van der Waals surface area contributed by atoms with Gasteiger partial charge in [-0.3, -0.25) is 0 Å². The zero-order valence-electron chi connectivity index (χ0n) is 12.0. The lowest BCUT2D eigenvalue weighted by molar-refractivity contribution is -0.361. The van der Waals surface area contributed by atoms with Crippen molar-refractivity contribution in [3.05, 3.63) is 0 Å². The van der Waals surface area contributed by atoms with E-state index in [1.807, 2.05) is 0 Å². The third-order valence-electron chi connectivity index (χ3n) is 3.98. The molecule has 0 spiro atoms. The highest BCUT2D eigenvalue weighted by molar-refractivity contribution is 4.93. The molecular weight excluding hydrogens is 320 g/mol. The quantitative estimate of drug-likeness (QED) is 0.243. The zero-order chi connectivity index (χ0) is 17.3. The Morgan fingerprint density at radius 3 is 1.74 bits per heavy atom. The van der Waals surface area contributed by atoms with E-state index >= 15 is 0 Å². The van der Waals surface area contributed by atoms with Crippen LogP contribution >= 0.6 is 0 Å². The van der Waals surface area contributed by atoms with Crippen molar-refractivity contribution < 1.29 is 55.1 Å². The van der Waals surface area contributed by atoms with Crippen LogP contribution in [0.4, 0.5) is 0 Å². The highest BCUT2D eigenvalue weighted by atomic mass is 16.7. The summed E-state index contributed by atoms with van der Waals surface area (Å²) >= 11 is 0. The summed E-state index contributed by atoms with van der Waals surface area (Å²) in [5.74, 6) is 0. The van der Waals surface area contributed by atoms with Gasteiger partial charge >= 0.3 is 0 Å². The van der Waals surface area contributed by atoms with Crippen molar-refractivity contribution in [1.29, 1.82) is 0 Å². The number of aliphatic hydroxyl groups excluding tert-OH is 8. The minimum Gasteiger partial charge on any atom is -0.394 e. The molecule has 5 unspecified atom stereocenters. The van der Waals surface area contributed by atoms with Crippen LogP contribution in [0.1, 0.15) is 0 Å². The van der Waals surface area contributed by atoms with Gasteiger partial charge in [-0.05, 0) is 0 Å². The predicted molar refractivity (Wildman–Crippen MR) is 68.6 cm³/mol. The summed E-state index contributed by atoms with van der Waals surface area (Å²) in [6.07, 6.45) is -15.6. The average molecular weight is 342 g/mol. The van der Waals surface area contributed by atoms with Crippen LogP contribution in [0.25, 0.3) is 0 Å². The molecule has 23 heavy (non-hydrogen) atoms. The molecule has 0 aromatic rings. The molecule has 2 heterocycles. The Balaban J connectivity index is 2.08. The molecule has 0 aliphatic carbocycles. The first-order valence-corrected chi connectivity index (χ1v) is 7.08. The Bertz CT molecular complexity index is 380. The maximum atomic E-state index is 9.94. The summed E-state index contributed by atoms with van der Waals surface area (Å²) in [4.78, 5) is 0. The number of rotatable bonds is 4. The molecule has 0 bridgehead atoms. The summed E-state index contributed by atoms with van der Waals surface area (Å²) in [7, 11) is 0. The van der Waals surface area contributed by atoms with E-state index in [9.17, 15) is 30.6 Å². The molecule has 136 valence electrons. The molecule has 2 aliphatic rings. The van der Waals surface area contributed by atoms with Crippen molar-refractivity contribution in [2.24, 2.45) is 0 Å². The molecule has 2 saturated heterocycles.